The fourth-order valence-corrected chi connectivity index (χ4v) is 4.61. The fourth-order valence-electron chi connectivity index (χ4n) is 4.61. The lowest BCUT2D eigenvalue weighted by molar-refractivity contribution is -0.143. The van der Waals surface area contributed by atoms with Gasteiger partial charge < -0.3 is 9.64 Å². The summed E-state index contributed by atoms with van der Waals surface area (Å²) in [4.78, 5) is 46.8. The molecule has 1 atom stereocenters. The number of rotatable bonds is 8. The molecule has 7 heteroatoms. The molecule has 0 radical (unpaired) electrons. The summed E-state index contributed by atoms with van der Waals surface area (Å²) >= 11 is 0. The van der Waals surface area contributed by atoms with Crippen molar-refractivity contribution in [1.82, 2.24) is 14.8 Å². The van der Waals surface area contributed by atoms with Crippen molar-refractivity contribution in [3.63, 3.8) is 0 Å². The third-order valence-corrected chi connectivity index (χ3v) is 6.33. The van der Waals surface area contributed by atoms with E-state index in [-0.39, 0.29) is 37.1 Å². The van der Waals surface area contributed by atoms with E-state index in [0.29, 0.717) is 18.8 Å². The molecule has 4 rings (SSSR count). The predicted octanol–water partition coefficient (Wildman–Crippen LogP) is 2.95. The van der Waals surface area contributed by atoms with Gasteiger partial charge in [0.05, 0.1) is 18.2 Å². The van der Waals surface area contributed by atoms with Crippen LogP contribution < -0.4 is 4.74 Å². The smallest absolute Gasteiger partial charge is 0.240 e. The van der Waals surface area contributed by atoms with Gasteiger partial charge in [0.2, 0.25) is 17.7 Å². The number of benzene rings is 1. The molecule has 0 N–H and O–H groups in total. The monoisotopic (exact) mass is 435 g/mol. The summed E-state index contributed by atoms with van der Waals surface area (Å²) in [6, 6.07) is 12.9. The molecule has 2 aliphatic heterocycles. The van der Waals surface area contributed by atoms with Crippen LogP contribution in [0, 0.1) is 0 Å². The van der Waals surface area contributed by atoms with Gasteiger partial charge in [-0.15, -0.1) is 0 Å². The standard InChI is InChI=1S/C25H29N3O4/c29-22(27-13-5-2-6-14-27)17-25(20-9-3-1-4-10-20)18-23(30)28(24(25)31)15-8-16-32-21-11-7-12-26-19-21/h1,3-4,7,9-12,19H,2,5-6,8,13-18H2. The molecular weight excluding hydrogens is 406 g/mol. The highest BCUT2D eigenvalue weighted by Gasteiger charge is 2.53. The number of piperidine rings is 1. The average molecular weight is 436 g/mol. The molecular formula is C25H29N3O4. The zero-order valence-electron chi connectivity index (χ0n) is 18.2. The first-order valence-corrected chi connectivity index (χ1v) is 11.3. The minimum Gasteiger partial charge on any atom is -0.492 e. The third-order valence-electron chi connectivity index (χ3n) is 6.33. The van der Waals surface area contributed by atoms with Crippen LogP contribution in [0.2, 0.25) is 0 Å². The number of carbonyl (C=O) groups excluding carboxylic acids is 3. The van der Waals surface area contributed by atoms with E-state index >= 15 is 0 Å². The number of carbonyl (C=O) groups is 3. The summed E-state index contributed by atoms with van der Waals surface area (Å²) in [5.41, 5.74) is -0.394. The largest absolute Gasteiger partial charge is 0.492 e. The minimum absolute atomic E-state index is 0.0267. The fraction of sp³-hybridized carbons (Fsp3) is 0.440. The number of ether oxygens (including phenoxy) is 1. The molecule has 0 aliphatic carbocycles. The van der Waals surface area contributed by atoms with Gasteiger partial charge in [0, 0.05) is 38.7 Å². The van der Waals surface area contributed by atoms with Gasteiger partial charge in [-0.05, 0) is 43.4 Å². The Bertz CT molecular complexity index is 944. The van der Waals surface area contributed by atoms with E-state index in [1.807, 2.05) is 41.3 Å². The zero-order chi connectivity index (χ0) is 22.4. The Morgan fingerprint density at radius 3 is 2.53 bits per heavy atom. The van der Waals surface area contributed by atoms with Gasteiger partial charge in [-0.2, -0.15) is 0 Å². The second kappa shape index (κ2) is 9.94. The lowest BCUT2D eigenvalue weighted by Gasteiger charge is -2.32. The topological polar surface area (TPSA) is 79.8 Å². The Kier molecular flexibility index (Phi) is 6.83. The van der Waals surface area contributed by atoms with Crippen molar-refractivity contribution in [1.29, 1.82) is 0 Å². The molecule has 2 aliphatic rings. The summed E-state index contributed by atoms with van der Waals surface area (Å²) in [7, 11) is 0. The van der Waals surface area contributed by atoms with Crippen LogP contribution >= 0.6 is 0 Å². The van der Waals surface area contributed by atoms with Crippen LogP contribution in [-0.4, -0.2) is 58.7 Å². The average Bonchev–Trinajstić information content (AvgIpc) is 3.08. The van der Waals surface area contributed by atoms with Crippen molar-refractivity contribution in [3.8, 4) is 5.75 Å². The highest BCUT2D eigenvalue weighted by atomic mass is 16.5. The first-order chi connectivity index (χ1) is 15.6. The number of imide groups is 1. The molecule has 1 aromatic heterocycles. The quantitative estimate of drug-likeness (QED) is 0.471. The van der Waals surface area contributed by atoms with E-state index in [4.69, 9.17) is 4.74 Å². The maximum Gasteiger partial charge on any atom is 0.240 e. The zero-order valence-corrected chi connectivity index (χ0v) is 18.2. The van der Waals surface area contributed by atoms with Gasteiger partial charge >= 0.3 is 0 Å². The van der Waals surface area contributed by atoms with Gasteiger partial charge in [-0.25, -0.2) is 0 Å². The van der Waals surface area contributed by atoms with Crippen molar-refractivity contribution >= 4 is 17.7 Å². The Balaban J connectivity index is 1.47. The molecule has 0 bridgehead atoms. The maximum atomic E-state index is 13.6. The molecule has 1 unspecified atom stereocenters. The molecule has 3 amide bonds. The van der Waals surface area contributed by atoms with Crippen molar-refractivity contribution in [2.45, 2.75) is 43.9 Å². The number of aromatic nitrogens is 1. The number of amides is 3. The lowest BCUT2D eigenvalue weighted by atomic mass is 9.75. The maximum absolute atomic E-state index is 13.6. The number of hydrogen-bond acceptors (Lipinski definition) is 5. The summed E-state index contributed by atoms with van der Waals surface area (Å²) in [5, 5.41) is 0. The van der Waals surface area contributed by atoms with E-state index in [1.54, 1.807) is 18.5 Å². The van der Waals surface area contributed by atoms with Crippen LogP contribution in [0.3, 0.4) is 0 Å². The van der Waals surface area contributed by atoms with E-state index in [1.165, 1.54) is 4.90 Å². The van der Waals surface area contributed by atoms with E-state index < -0.39 is 5.41 Å². The Labute approximate surface area is 188 Å². The van der Waals surface area contributed by atoms with Crippen LogP contribution in [-0.2, 0) is 19.8 Å². The molecule has 2 saturated heterocycles. The summed E-state index contributed by atoms with van der Waals surface area (Å²) in [6.45, 7) is 2.08. The number of nitrogens with zero attached hydrogens (tertiary/aromatic N) is 3. The highest BCUT2D eigenvalue weighted by molar-refractivity contribution is 6.10. The van der Waals surface area contributed by atoms with Gasteiger partial charge in [0.15, 0.2) is 0 Å². The van der Waals surface area contributed by atoms with Crippen LogP contribution in [0.15, 0.2) is 54.9 Å². The molecule has 32 heavy (non-hydrogen) atoms. The first kappa shape index (κ1) is 22.0. The summed E-state index contributed by atoms with van der Waals surface area (Å²) in [6.07, 6.45) is 6.96. The van der Waals surface area contributed by atoms with Crippen molar-refractivity contribution < 1.29 is 19.1 Å². The SMILES string of the molecule is O=C(CC1(c2ccccc2)CC(=O)N(CCCOc2cccnc2)C1=O)N1CCCCC1. The Morgan fingerprint density at radius 1 is 1.03 bits per heavy atom. The van der Waals surface area contributed by atoms with Gasteiger partial charge in [0.1, 0.15) is 5.75 Å². The number of hydrogen-bond donors (Lipinski definition) is 0. The van der Waals surface area contributed by atoms with Gasteiger partial charge in [-0.3, -0.25) is 24.3 Å². The molecule has 1 aromatic carbocycles. The second-order valence-electron chi connectivity index (χ2n) is 8.48. The number of likely N-dealkylation sites (tertiary alicyclic amines) is 2. The first-order valence-electron chi connectivity index (χ1n) is 11.3. The minimum atomic E-state index is -1.13. The molecule has 2 fully saturated rings. The van der Waals surface area contributed by atoms with Gasteiger partial charge in [0.25, 0.3) is 0 Å². The molecule has 2 aromatic rings. The van der Waals surface area contributed by atoms with Crippen LogP contribution in [0.1, 0.15) is 44.1 Å². The van der Waals surface area contributed by atoms with Crippen LogP contribution in [0.4, 0.5) is 0 Å². The lowest BCUT2D eigenvalue weighted by Crippen LogP contribution is -2.45. The van der Waals surface area contributed by atoms with Crippen molar-refractivity contribution in [2.24, 2.45) is 0 Å². The second-order valence-corrected chi connectivity index (χ2v) is 8.48. The van der Waals surface area contributed by atoms with Gasteiger partial charge in [-0.1, -0.05) is 30.3 Å². The highest BCUT2D eigenvalue weighted by Crippen LogP contribution is 2.40. The molecule has 7 nitrogen and oxygen atoms in total. The van der Waals surface area contributed by atoms with Crippen LogP contribution in [0.25, 0.3) is 0 Å². The predicted molar refractivity (Wildman–Crippen MR) is 119 cm³/mol. The Hall–Kier alpha value is -3.22. The van der Waals surface area contributed by atoms with E-state index in [9.17, 15) is 14.4 Å². The van der Waals surface area contributed by atoms with Crippen molar-refractivity contribution in [2.75, 3.05) is 26.2 Å². The molecule has 3 heterocycles. The Morgan fingerprint density at radius 2 is 1.81 bits per heavy atom. The van der Waals surface area contributed by atoms with Crippen LogP contribution in [0.5, 0.6) is 5.75 Å². The van der Waals surface area contributed by atoms with E-state index in [0.717, 1.165) is 37.9 Å². The van der Waals surface area contributed by atoms with E-state index in [2.05, 4.69) is 4.98 Å². The molecule has 168 valence electrons. The summed E-state index contributed by atoms with van der Waals surface area (Å²) in [5.74, 6) is 0.0981. The normalized spacial score (nSPS) is 21.1. The summed E-state index contributed by atoms with van der Waals surface area (Å²) < 4.78 is 5.64. The molecule has 0 spiro atoms. The number of pyridine rings is 1. The molecule has 0 saturated carbocycles. The van der Waals surface area contributed by atoms with Crippen molar-refractivity contribution in [3.05, 3.63) is 60.4 Å². The third kappa shape index (κ3) is 4.66.